The van der Waals surface area contributed by atoms with Gasteiger partial charge < -0.3 is 14.6 Å². The van der Waals surface area contributed by atoms with Gasteiger partial charge in [0.15, 0.2) is 6.04 Å². The predicted octanol–water partition coefficient (Wildman–Crippen LogP) is 0.803. The van der Waals surface area contributed by atoms with Crippen molar-refractivity contribution in [1.29, 1.82) is 0 Å². The van der Waals surface area contributed by atoms with Gasteiger partial charge in [-0.05, 0) is 13.8 Å². The van der Waals surface area contributed by atoms with E-state index in [1.165, 1.54) is 24.3 Å². The number of carbonyl (C=O) groups excluding carboxylic acids is 1. The van der Waals surface area contributed by atoms with Crippen LogP contribution in [0, 0.1) is 0 Å². The summed E-state index contributed by atoms with van der Waals surface area (Å²) in [5.41, 5.74) is 0.487. The number of hydrogen-bond acceptors (Lipinski definition) is 3. The van der Waals surface area contributed by atoms with Crippen LogP contribution in [0.25, 0.3) is 0 Å². The smallest absolute Gasteiger partial charge is 0.332 e. The number of rotatable bonds is 4. The SMILES string of the molecule is CC(=O)N(C(C)C)C(C(=O)O)c1cncn1C. The molecule has 0 aliphatic heterocycles. The number of carbonyl (C=O) groups is 2. The summed E-state index contributed by atoms with van der Waals surface area (Å²) in [4.78, 5) is 28.2. The minimum Gasteiger partial charge on any atom is -0.479 e. The van der Waals surface area contributed by atoms with Crippen molar-refractivity contribution in [3.8, 4) is 0 Å². The van der Waals surface area contributed by atoms with Crippen molar-refractivity contribution in [3.05, 3.63) is 18.2 Å². The molecule has 1 atom stereocenters. The van der Waals surface area contributed by atoms with Gasteiger partial charge >= 0.3 is 5.97 Å². The van der Waals surface area contributed by atoms with E-state index in [0.29, 0.717) is 5.69 Å². The van der Waals surface area contributed by atoms with Gasteiger partial charge in [-0.25, -0.2) is 9.78 Å². The monoisotopic (exact) mass is 239 g/mol. The fourth-order valence-corrected chi connectivity index (χ4v) is 1.86. The third-order valence-corrected chi connectivity index (χ3v) is 2.57. The fourth-order valence-electron chi connectivity index (χ4n) is 1.86. The molecule has 0 radical (unpaired) electrons. The topological polar surface area (TPSA) is 75.4 Å². The van der Waals surface area contributed by atoms with E-state index in [4.69, 9.17) is 0 Å². The lowest BCUT2D eigenvalue weighted by atomic mass is 10.1. The van der Waals surface area contributed by atoms with E-state index in [-0.39, 0.29) is 11.9 Å². The number of nitrogens with zero attached hydrogens (tertiary/aromatic N) is 3. The molecule has 1 aromatic rings. The van der Waals surface area contributed by atoms with Crippen LogP contribution in [0.1, 0.15) is 32.5 Å². The minimum absolute atomic E-state index is 0.191. The van der Waals surface area contributed by atoms with E-state index in [2.05, 4.69) is 4.98 Å². The fraction of sp³-hybridized carbons (Fsp3) is 0.545. The van der Waals surface area contributed by atoms with Gasteiger partial charge in [0.1, 0.15) is 0 Å². The number of amides is 1. The summed E-state index contributed by atoms with van der Waals surface area (Å²) in [5, 5.41) is 9.30. The Labute approximate surface area is 99.9 Å². The van der Waals surface area contributed by atoms with Gasteiger partial charge in [-0.1, -0.05) is 0 Å². The Morgan fingerprint density at radius 3 is 2.35 bits per heavy atom. The predicted molar refractivity (Wildman–Crippen MR) is 61.2 cm³/mol. The summed E-state index contributed by atoms with van der Waals surface area (Å²) in [5.74, 6) is -1.33. The Morgan fingerprint density at radius 1 is 1.47 bits per heavy atom. The lowest BCUT2D eigenvalue weighted by Gasteiger charge is -2.31. The highest BCUT2D eigenvalue weighted by atomic mass is 16.4. The quantitative estimate of drug-likeness (QED) is 0.843. The zero-order valence-electron chi connectivity index (χ0n) is 10.4. The van der Waals surface area contributed by atoms with Crippen molar-refractivity contribution in [1.82, 2.24) is 14.5 Å². The summed E-state index contributed by atoms with van der Waals surface area (Å²) in [6.07, 6.45) is 2.99. The van der Waals surface area contributed by atoms with Crippen LogP contribution in [-0.2, 0) is 16.6 Å². The Bertz CT molecular complexity index is 425. The van der Waals surface area contributed by atoms with Gasteiger partial charge in [-0.3, -0.25) is 4.79 Å². The number of carboxylic acid groups (broad SMARTS) is 1. The molecule has 6 nitrogen and oxygen atoms in total. The van der Waals surface area contributed by atoms with Crippen LogP contribution in [0.4, 0.5) is 0 Å². The minimum atomic E-state index is -1.06. The van der Waals surface area contributed by atoms with Crippen molar-refractivity contribution >= 4 is 11.9 Å². The van der Waals surface area contributed by atoms with E-state index in [1.54, 1.807) is 25.5 Å². The molecule has 17 heavy (non-hydrogen) atoms. The first kappa shape index (κ1) is 13.2. The average molecular weight is 239 g/mol. The average Bonchev–Trinajstić information content (AvgIpc) is 2.58. The van der Waals surface area contributed by atoms with Gasteiger partial charge in [0.25, 0.3) is 0 Å². The third kappa shape index (κ3) is 2.64. The van der Waals surface area contributed by atoms with E-state index in [9.17, 15) is 14.7 Å². The van der Waals surface area contributed by atoms with Gasteiger partial charge in [0.05, 0.1) is 18.2 Å². The van der Waals surface area contributed by atoms with Crippen molar-refractivity contribution < 1.29 is 14.7 Å². The van der Waals surface area contributed by atoms with E-state index in [1.807, 2.05) is 0 Å². The summed E-state index contributed by atoms with van der Waals surface area (Å²) in [6, 6.07) is -1.19. The normalized spacial score (nSPS) is 12.5. The highest BCUT2D eigenvalue weighted by Gasteiger charge is 2.33. The molecule has 0 aliphatic carbocycles. The van der Waals surface area contributed by atoms with Gasteiger partial charge in [-0.2, -0.15) is 0 Å². The van der Waals surface area contributed by atoms with Crippen molar-refractivity contribution in [2.45, 2.75) is 32.9 Å². The first-order valence-corrected chi connectivity index (χ1v) is 5.34. The third-order valence-electron chi connectivity index (χ3n) is 2.57. The zero-order chi connectivity index (χ0) is 13.2. The maximum Gasteiger partial charge on any atom is 0.332 e. The van der Waals surface area contributed by atoms with E-state index in [0.717, 1.165) is 0 Å². The summed E-state index contributed by atoms with van der Waals surface area (Å²) >= 11 is 0. The number of hydrogen-bond donors (Lipinski definition) is 1. The molecular weight excluding hydrogens is 222 g/mol. The second kappa shape index (κ2) is 4.99. The molecule has 0 spiro atoms. The maximum atomic E-state index is 11.6. The van der Waals surface area contributed by atoms with Crippen LogP contribution in [0.3, 0.4) is 0 Å². The van der Waals surface area contributed by atoms with Crippen LogP contribution in [0.5, 0.6) is 0 Å². The molecular formula is C11H17N3O3. The second-order valence-corrected chi connectivity index (χ2v) is 4.19. The van der Waals surface area contributed by atoms with E-state index >= 15 is 0 Å². The number of imidazole rings is 1. The summed E-state index contributed by atoms with van der Waals surface area (Å²) < 4.78 is 1.61. The highest BCUT2D eigenvalue weighted by Crippen LogP contribution is 2.22. The molecule has 1 unspecified atom stereocenters. The Balaban J connectivity index is 3.21. The van der Waals surface area contributed by atoms with Crippen LogP contribution < -0.4 is 0 Å². The number of aryl methyl sites for hydroxylation is 1. The van der Waals surface area contributed by atoms with Crippen LogP contribution in [0.15, 0.2) is 12.5 Å². The molecule has 1 amide bonds. The molecule has 1 aromatic heterocycles. The molecule has 0 saturated carbocycles. The summed E-state index contributed by atoms with van der Waals surface area (Å²) in [7, 11) is 1.71. The Hall–Kier alpha value is -1.85. The van der Waals surface area contributed by atoms with E-state index < -0.39 is 12.0 Å². The summed E-state index contributed by atoms with van der Waals surface area (Å²) in [6.45, 7) is 4.94. The molecule has 94 valence electrons. The molecule has 0 aromatic carbocycles. The molecule has 0 bridgehead atoms. The Kier molecular flexibility index (Phi) is 3.88. The molecule has 0 aliphatic rings. The van der Waals surface area contributed by atoms with Gasteiger partial charge in [0, 0.05) is 20.0 Å². The largest absolute Gasteiger partial charge is 0.479 e. The standard InChI is InChI=1S/C11H17N3O3/c1-7(2)14(8(3)15)10(11(16)17)9-5-12-6-13(9)4/h5-7,10H,1-4H3,(H,16,17). The first-order chi connectivity index (χ1) is 7.86. The van der Waals surface area contributed by atoms with Crippen molar-refractivity contribution in [2.24, 2.45) is 7.05 Å². The molecule has 1 heterocycles. The lowest BCUT2D eigenvalue weighted by molar-refractivity contribution is -0.151. The highest BCUT2D eigenvalue weighted by molar-refractivity contribution is 5.83. The lowest BCUT2D eigenvalue weighted by Crippen LogP contribution is -2.42. The van der Waals surface area contributed by atoms with Gasteiger partial charge in [0.2, 0.25) is 5.91 Å². The van der Waals surface area contributed by atoms with Crippen LogP contribution in [-0.4, -0.2) is 37.5 Å². The molecule has 0 fully saturated rings. The molecule has 0 saturated heterocycles. The molecule has 1 rings (SSSR count). The van der Waals surface area contributed by atoms with Crippen molar-refractivity contribution in [2.75, 3.05) is 0 Å². The Morgan fingerprint density at radius 2 is 2.06 bits per heavy atom. The zero-order valence-corrected chi connectivity index (χ0v) is 10.4. The number of aromatic nitrogens is 2. The maximum absolute atomic E-state index is 11.6. The number of aliphatic carboxylic acids is 1. The second-order valence-electron chi connectivity index (χ2n) is 4.19. The van der Waals surface area contributed by atoms with Crippen molar-refractivity contribution in [3.63, 3.8) is 0 Å². The first-order valence-electron chi connectivity index (χ1n) is 5.34. The molecule has 6 heteroatoms. The van der Waals surface area contributed by atoms with Crippen LogP contribution in [0.2, 0.25) is 0 Å². The van der Waals surface area contributed by atoms with Gasteiger partial charge in [-0.15, -0.1) is 0 Å². The number of carboxylic acids is 1. The van der Waals surface area contributed by atoms with Crippen LogP contribution >= 0.6 is 0 Å². The molecule has 1 N–H and O–H groups in total.